The van der Waals surface area contributed by atoms with Crippen LogP contribution in [-0.4, -0.2) is 12.9 Å². The Balaban J connectivity index is 2.43. The molecule has 0 saturated heterocycles. The predicted molar refractivity (Wildman–Crippen MR) is 59.4 cm³/mol. The summed E-state index contributed by atoms with van der Waals surface area (Å²) in [7, 11) is 1.66. The Morgan fingerprint density at radius 2 is 2.27 bits per heavy atom. The zero-order chi connectivity index (χ0) is 10.8. The summed E-state index contributed by atoms with van der Waals surface area (Å²) in [5.74, 6) is 1.20. The first kappa shape index (κ1) is 10.2. The van der Waals surface area contributed by atoms with Crippen LogP contribution < -0.4 is 4.74 Å². The van der Waals surface area contributed by atoms with E-state index in [1.54, 1.807) is 14.0 Å². The molecule has 2 nitrogen and oxygen atoms in total. The number of fused-ring (bicyclic) bond motifs is 1. The number of Topliss-reactive ketones (excluding diaryl/α,β-unsaturated/α-hetero) is 1. The first-order valence-electron chi connectivity index (χ1n) is 5.39. The molecular formula is C13H16O2. The Hall–Kier alpha value is -1.31. The summed E-state index contributed by atoms with van der Waals surface area (Å²) in [6.45, 7) is 1.68. The van der Waals surface area contributed by atoms with E-state index in [9.17, 15) is 4.79 Å². The van der Waals surface area contributed by atoms with Gasteiger partial charge in [-0.3, -0.25) is 4.79 Å². The van der Waals surface area contributed by atoms with Gasteiger partial charge in [0.25, 0.3) is 0 Å². The number of ketones is 1. The SMILES string of the molecule is COc1ccc2c(c1)C(C(C)=O)CCC2. The van der Waals surface area contributed by atoms with Gasteiger partial charge >= 0.3 is 0 Å². The Morgan fingerprint density at radius 3 is 2.93 bits per heavy atom. The number of ether oxygens (including phenoxy) is 1. The first-order chi connectivity index (χ1) is 7.22. The molecule has 0 saturated carbocycles. The molecule has 0 bridgehead atoms. The van der Waals surface area contributed by atoms with Crippen molar-refractivity contribution in [3.05, 3.63) is 29.3 Å². The molecule has 80 valence electrons. The second kappa shape index (κ2) is 4.05. The van der Waals surface area contributed by atoms with Crippen molar-refractivity contribution in [3.63, 3.8) is 0 Å². The zero-order valence-electron chi connectivity index (χ0n) is 9.25. The number of aryl methyl sites for hydroxylation is 1. The summed E-state index contributed by atoms with van der Waals surface area (Å²) < 4.78 is 5.20. The predicted octanol–water partition coefficient (Wildman–Crippen LogP) is 2.70. The Labute approximate surface area is 90.3 Å². The Morgan fingerprint density at radius 1 is 1.47 bits per heavy atom. The van der Waals surface area contributed by atoms with E-state index in [-0.39, 0.29) is 11.7 Å². The molecule has 0 radical (unpaired) electrons. The summed E-state index contributed by atoms with van der Waals surface area (Å²) >= 11 is 0. The Bertz CT molecular complexity index is 382. The minimum atomic E-state index is 0.0869. The monoisotopic (exact) mass is 204 g/mol. The second-order valence-corrected chi connectivity index (χ2v) is 4.12. The number of methoxy groups -OCH3 is 1. The fourth-order valence-electron chi connectivity index (χ4n) is 2.33. The minimum Gasteiger partial charge on any atom is -0.497 e. The summed E-state index contributed by atoms with van der Waals surface area (Å²) in [6, 6.07) is 6.07. The maximum absolute atomic E-state index is 11.5. The van der Waals surface area contributed by atoms with Gasteiger partial charge in [-0.25, -0.2) is 0 Å². The molecule has 0 aliphatic heterocycles. The van der Waals surface area contributed by atoms with Crippen LogP contribution >= 0.6 is 0 Å². The number of hydrogen-bond donors (Lipinski definition) is 0. The van der Waals surface area contributed by atoms with Gasteiger partial charge in [0.15, 0.2) is 0 Å². The molecule has 0 N–H and O–H groups in total. The molecule has 0 heterocycles. The lowest BCUT2D eigenvalue weighted by Crippen LogP contribution is -2.16. The van der Waals surface area contributed by atoms with E-state index in [4.69, 9.17) is 4.74 Å². The fourth-order valence-corrected chi connectivity index (χ4v) is 2.33. The van der Waals surface area contributed by atoms with Gasteiger partial charge in [0, 0.05) is 5.92 Å². The van der Waals surface area contributed by atoms with Crippen LogP contribution in [0.4, 0.5) is 0 Å². The van der Waals surface area contributed by atoms with Gasteiger partial charge in [-0.2, -0.15) is 0 Å². The fraction of sp³-hybridized carbons (Fsp3) is 0.462. The van der Waals surface area contributed by atoms with Crippen molar-refractivity contribution in [2.45, 2.75) is 32.1 Å². The van der Waals surface area contributed by atoms with Gasteiger partial charge < -0.3 is 4.74 Å². The minimum absolute atomic E-state index is 0.0869. The molecule has 0 spiro atoms. The average molecular weight is 204 g/mol. The molecule has 2 rings (SSSR count). The standard InChI is InChI=1S/C13H16O2/c1-9(14)12-5-3-4-10-6-7-11(15-2)8-13(10)12/h6-8,12H,3-5H2,1-2H3. The van der Waals surface area contributed by atoms with Crippen molar-refractivity contribution < 1.29 is 9.53 Å². The van der Waals surface area contributed by atoms with Crippen LogP contribution in [0.15, 0.2) is 18.2 Å². The number of benzene rings is 1. The highest BCUT2D eigenvalue weighted by Crippen LogP contribution is 2.34. The highest BCUT2D eigenvalue weighted by molar-refractivity contribution is 5.84. The van der Waals surface area contributed by atoms with Crippen molar-refractivity contribution in [1.82, 2.24) is 0 Å². The maximum Gasteiger partial charge on any atom is 0.137 e. The molecule has 2 heteroatoms. The molecular weight excluding hydrogens is 188 g/mol. The third-order valence-corrected chi connectivity index (χ3v) is 3.16. The second-order valence-electron chi connectivity index (χ2n) is 4.12. The normalized spacial score (nSPS) is 19.5. The molecule has 1 aliphatic rings. The number of carbonyl (C=O) groups is 1. The van der Waals surface area contributed by atoms with Crippen LogP contribution in [0, 0.1) is 0 Å². The molecule has 1 atom stereocenters. The van der Waals surface area contributed by atoms with E-state index in [0.29, 0.717) is 0 Å². The molecule has 0 fully saturated rings. The molecule has 1 aliphatic carbocycles. The summed E-state index contributed by atoms with van der Waals surface area (Å²) in [5.41, 5.74) is 2.48. The molecule has 0 amide bonds. The third kappa shape index (κ3) is 1.89. The van der Waals surface area contributed by atoms with E-state index < -0.39 is 0 Å². The highest BCUT2D eigenvalue weighted by Gasteiger charge is 2.23. The van der Waals surface area contributed by atoms with Crippen molar-refractivity contribution in [2.24, 2.45) is 0 Å². The van der Waals surface area contributed by atoms with Crippen molar-refractivity contribution in [2.75, 3.05) is 7.11 Å². The molecule has 0 aromatic heterocycles. The third-order valence-electron chi connectivity index (χ3n) is 3.16. The van der Waals surface area contributed by atoms with Gasteiger partial charge in [-0.15, -0.1) is 0 Å². The number of carbonyl (C=O) groups excluding carboxylic acids is 1. The van der Waals surface area contributed by atoms with E-state index >= 15 is 0 Å². The average Bonchev–Trinajstić information content (AvgIpc) is 2.27. The van der Waals surface area contributed by atoms with E-state index in [1.807, 2.05) is 12.1 Å². The molecule has 1 unspecified atom stereocenters. The maximum atomic E-state index is 11.5. The van der Waals surface area contributed by atoms with Crippen LogP contribution in [0.1, 0.15) is 36.8 Å². The van der Waals surface area contributed by atoms with Gasteiger partial charge in [0.2, 0.25) is 0 Å². The zero-order valence-corrected chi connectivity index (χ0v) is 9.25. The molecule has 15 heavy (non-hydrogen) atoms. The molecule has 1 aromatic rings. The molecule has 1 aromatic carbocycles. The Kier molecular flexibility index (Phi) is 2.76. The highest BCUT2D eigenvalue weighted by atomic mass is 16.5. The van der Waals surface area contributed by atoms with Crippen LogP contribution in [0.3, 0.4) is 0 Å². The lowest BCUT2D eigenvalue weighted by molar-refractivity contribution is -0.118. The van der Waals surface area contributed by atoms with Crippen molar-refractivity contribution in [3.8, 4) is 5.75 Å². The number of rotatable bonds is 2. The van der Waals surface area contributed by atoms with E-state index in [2.05, 4.69) is 6.07 Å². The topological polar surface area (TPSA) is 26.3 Å². The lowest BCUT2D eigenvalue weighted by atomic mass is 9.81. The smallest absolute Gasteiger partial charge is 0.137 e. The van der Waals surface area contributed by atoms with Crippen molar-refractivity contribution in [1.29, 1.82) is 0 Å². The van der Waals surface area contributed by atoms with E-state index in [1.165, 1.54) is 11.1 Å². The first-order valence-corrected chi connectivity index (χ1v) is 5.39. The van der Waals surface area contributed by atoms with Gasteiger partial charge in [0.1, 0.15) is 11.5 Å². The van der Waals surface area contributed by atoms with Crippen LogP contribution in [0.25, 0.3) is 0 Å². The summed E-state index contributed by atoms with van der Waals surface area (Å²) in [4.78, 5) is 11.5. The summed E-state index contributed by atoms with van der Waals surface area (Å²) in [6.07, 6.45) is 3.18. The van der Waals surface area contributed by atoms with Crippen LogP contribution in [-0.2, 0) is 11.2 Å². The van der Waals surface area contributed by atoms with Crippen LogP contribution in [0.2, 0.25) is 0 Å². The van der Waals surface area contributed by atoms with Gasteiger partial charge in [-0.05, 0) is 49.4 Å². The van der Waals surface area contributed by atoms with Crippen LogP contribution in [0.5, 0.6) is 5.75 Å². The quantitative estimate of drug-likeness (QED) is 0.740. The lowest BCUT2D eigenvalue weighted by Gasteiger charge is -2.23. The largest absolute Gasteiger partial charge is 0.497 e. The number of hydrogen-bond acceptors (Lipinski definition) is 2. The van der Waals surface area contributed by atoms with Gasteiger partial charge in [-0.1, -0.05) is 6.07 Å². The van der Waals surface area contributed by atoms with E-state index in [0.717, 1.165) is 25.0 Å². The summed E-state index contributed by atoms with van der Waals surface area (Å²) in [5, 5.41) is 0. The van der Waals surface area contributed by atoms with Crippen molar-refractivity contribution >= 4 is 5.78 Å². The van der Waals surface area contributed by atoms with Gasteiger partial charge in [0.05, 0.1) is 7.11 Å².